The third-order valence-electron chi connectivity index (χ3n) is 1.74. The number of nitrogens with one attached hydrogen (secondary N) is 1. The first-order chi connectivity index (χ1) is 7.24. The average Bonchev–Trinajstić information content (AvgIpc) is 2.27. The van der Waals surface area contributed by atoms with E-state index < -0.39 is 0 Å². The van der Waals surface area contributed by atoms with Gasteiger partial charge in [0.15, 0.2) is 0 Å². The number of hydrogen-bond donors (Lipinski definition) is 1. The Balaban J connectivity index is 0.000000921. The summed E-state index contributed by atoms with van der Waals surface area (Å²) in [5.74, 6) is -0.350. The first kappa shape index (κ1) is 14.4. The predicted molar refractivity (Wildman–Crippen MR) is 64.8 cm³/mol. The van der Waals surface area contributed by atoms with Crippen LogP contribution < -0.4 is 5.32 Å². The summed E-state index contributed by atoms with van der Waals surface area (Å²) in [6, 6.07) is 4.87. The van der Waals surface area contributed by atoms with Crippen molar-refractivity contribution in [2.75, 3.05) is 6.54 Å². The van der Waals surface area contributed by atoms with Crippen molar-refractivity contribution in [2.24, 2.45) is 0 Å². The molecule has 0 radical (unpaired) electrons. The van der Waals surface area contributed by atoms with Crippen molar-refractivity contribution in [3.8, 4) is 0 Å². The van der Waals surface area contributed by atoms with Gasteiger partial charge in [-0.15, -0.1) is 0 Å². The van der Waals surface area contributed by atoms with Crippen molar-refractivity contribution < 1.29 is 4.39 Å². The summed E-state index contributed by atoms with van der Waals surface area (Å²) in [5.41, 5.74) is 0.926. The van der Waals surface area contributed by atoms with Crippen molar-refractivity contribution >= 4 is 11.6 Å². The van der Waals surface area contributed by atoms with E-state index in [1.54, 1.807) is 6.07 Å². The Hall–Kier alpha value is -0.600. The largest absolute Gasteiger partial charge is 0.313 e. The highest BCUT2D eigenvalue weighted by atomic mass is 35.5. The van der Waals surface area contributed by atoms with E-state index in [1.807, 2.05) is 19.9 Å². The van der Waals surface area contributed by atoms with E-state index in [9.17, 15) is 4.39 Å². The monoisotopic (exact) mass is 231 g/mol. The molecule has 0 aliphatic rings. The van der Waals surface area contributed by atoms with Gasteiger partial charge >= 0.3 is 0 Å². The lowest BCUT2D eigenvalue weighted by Crippen LogP contribution is -2.13. The topological polar surface area (TPSA) is 12.0 Å². The Morgan fingerprint density at radius 1 is 1.33 bits per heavy atom. The number of hydrogen-bond acceptors (Lipinski definition) is 1. The van der Waals surface area contributed by atoms with E-state index in [0.29, 0.717) is 6.54 Å². The minimum atomic E-state index is -0.350. The smallest absolute Gasteiger partial charge is 0.142 e. The highest BCUT2D eigenvalue weighted by Gasteiger charge is 1.99. The molecule has 3 heteroatoms. The predicted octanol–water partition coefficient (Wildman–Crippen LogP) is 4.00. The molecule has 0 unspecified atom stereocenters. The second kappa shape index (κ2) is 8.69. The molecular formula is C12H19ClFN. The van der Waals surface area contributed by atoms with Crippen LogP contribution in [0, 0.1) is 5.82 Å². The summed E-state index contributed by atoms with van der Waals surface area (Å²) < 4.78 is 12.9. The van der Waals surface area contributed by atoms with E-state index in [-0.39, 0.29) is 10.8 Å². The maximum atomic E-state index is 12.9. The molecule has 0 aliphatic heterocycles. The first-order valence-corrected chi connectivity index (χ1v) is 5.76. The Bertz CT molecular complexity index is 276. The molecule has 0 saturated heterocycles. The van der Waals surface area contributed by atoms with E-state index in [1.165, 1.54) is 6.07 Å². The van der Waals surface area contributed by atoms with Gasteiger partial charge in [-0.05, 0) is 30.7 Å². The van der Waals surface area contributed by atoms with Crippen LogP contribution in [0.25, 0.3) is 0 Å². The minimum Gasteiger partial charge on any atom is -0.313 e. The molecule has 0 atom stereocenters. The van der Waals surface area contributed by atoms with E-state index in [0.717, 1.165) is 18.5 Å². The molecule has 0 spiro atoms. The lowest BCUT2D eigenvalue weighted by molar-refractivity contribution is 0.619. The average molecular weight is 232 g/mol. The highest BCUT2D eigenvalue weighted by molar-refractivity contribution is 6.30. The summed E-state index contributed by atoms with van der Waals surface area (Å²) in [5, 5.41) is 3.37. The van der Waals surface area contributed by atoms with Gasteiger partial charge in [-0.3, -0.25) is 0 Å². The Kier molecular flexibility index (Phi) is 8.34. The zero-order valence-electron chi connectivity index (χ0n) is 9.61. The van der Waals surface area contributed by atoms with Gasteiger partial charge in [-0.25, -0.2) is 4.39 Å². The van der Waals surface area contributed by atoms with Crippen LogP contribution in [0.15, 0.2) is 18.2 Å². The molecule has 0 aliphatic carbocycles. The standard InChI is InChI=1S/C10H13ClFN.C2H6/c1-2-5-13-7-8-3-4-9(11)10(12)6-8;1-2/h3-4,6,13H,2,5,7H2,1H3;1-2H3. The molecule has 0 aromatic heterocycles. The van der Waals surface area contributed by atoms with Gasteiger partial charge in [0, 0.05) is 6.54 Å². The third-order valence-corrected chi connectivity index (χ3v) is 2.05. The van der Waals surface area contributed by atoms with Crippen LogP contribution in [0.1, 0.15) is 32.8 Å². The molecule has 0 heterocycles. The second-order valence-electron chi connectivity index (χ2n) is 2.93. The highest BCUT2D eigenvalue weighted by Crippen LogP contribution is 2.15. The molecule has 1 aromatic rings. The van der Waals surface area contributed by atoms with Gasteiger partial charge in [0.05, 0.1) is 5.02 Å². The maximum Gasteiger partial charge on any atom is 0.142 e. The SMILES string of the molecule is CC.CCCNCc1ccc(Cl)c(F)c1. The molecule has 1 nitrogen and oxygen atoms in total. The molecule has 0 fully saturated rings. The van der Waals surface area contributed by atoms with Gasteiger partial charge in [-0.1, -0.05) is 38.4 Å². The molecule has 1 N–H and O–H groups in total. The van der Waals surface area contributed by atoms with Gasteiger partial charge in [-0.2, -0.15) is 0 Å². The lowest BCUT2D eigenvalue weighted by Gasteiger charge is -2.03. The normalized spacial score (nSPS) is 9.40. The summed E-state index contributed by atoms with van der Waals surface area (Å²) in [7, 11) is 0. The zero-order chi connectivity index (χ0) is 11.7. The fraction of sp³-hybridized carbons (Fsp3) is 0.500. The first-order valence-electron chi connectivity index (χ1n) is 5.38. The van der Waals surface area contributed by atoms with Crippen molar-refractivity contribution in [2.45, 2.75) is 33.7 Å². The molecule has 0 bridgehead atoms. The minimum absolute atomic E-state index is 0.180. The molecular weight excluding hydrogens is 213 g/mol. The van der Waals surface area contributed by atoms with Crippen molar-refractivity contribution in [1.82, 2.24) is 5.32 Å². The third kappa shape index (κ3) is 5.75. The fourth-order valence-electron chi connectivity index (χ4n) is 1.06. The molecule has 15 heavy (non-hydrogen) atoms. The summed E-state index contributed by atoms with van der Waals surface area (Å²) in [4.78, 5) is 0. The van der Waals surface area contributed by atoms with Crippen molar-refractivity contribution in [3.05, 3.63) is 34.6 Å². The maximum absolute atomic E-state index is 12.9. The van der Waals surface area contributed by atoms with Crippen LogP contribution in [-0.4, -0.2) is 6.54 Å². The molecule has 1 rings (SSSR count). The van der Waals surface area contributed by atoms with Crippen molar-refractivity contribution in [3.63, 3.8) is 0 Å². The quantitative estimate of drug-likeness (QED) is 0.773. The van der Waals surface area contributed by atoms with Crippen LogP contribution in [0.3, 0.4) is 0 Å². The lowest BCUT2D eigenvalue weighted by atomic mass is 10.2. The van der Waals surface area contributed by atoms with Crippen LogP contribution in [0.5, 0.6) is 0 Å². The Morgan fingerprint density at radius 3 is 2.53 bits per heavy atom. The summed E-state index contributed by atoms with van der Waals surface area (Å²) >= 11 is 5.55. The zero-order valence-corrected chi connectivity index (χ0v) is 10.4. The molecule has 0 amide bonds. The Morgan fingerprint density at radius 2 is 2.00 bits per heavy atom. The molecule has 0 saturated carbocycles. The Labute approximate surface area is 96.6 Å². The fourth-order valence-corrected chi connectivity index (χ4v) is 1.18. The van der Waals surface area contributed by atoms with Gasteiger partial charge in [0.2, 0.25) is 0 Å². The van der Waals surface area contributed by atoms with Gasteiger partial charge < -0.3 is 5.32 Å². The molecule has 86 valence electrons. The van der Waals surface area contributed by atoms with E-state index in [2.05, 4.69) is 12.2 Å². The van der Waals surface area contributed by atoms with E-state index in [4.69, 9.17) is 11.6 Å². The number of benzene rings is 1. The molecule has 1 aromatic carbocycles. The summed E-state index contributed by atoms with van der Waals surface area (Å²) in [6.07, 6.45) is 1.08. The number of halogens is 2. The van der Waals surface area contributed by atoms with Crippen LogP contribution in [0.2, 0.25) is 5.02 Å². The van der Waals surface area contributed by atoms with Gasteiger partial charge in [0.25, 0.3) is 0 Å². The summed E-state index contributed by atoms with van der Waals surface area (Å²) in [6.45, 7) is 7.74. The van der Waals surface area contributed by atoms with Crippen LogP contribution >= 0.6 is 11.6 Å². The van der Waals surface area contributed by atoms with Crippen molar-refractivity contribution in [1.29, 1.82) is 0 Å². The second-order valence-corrected chi connectivity index (χ2v) is 3.33. The van der Waals surface area contributed by atoms with E-state index >= 15 is 0 Å². The van der Waals surface area contributed by atoms with Crippen LogP contribution in [-0.2, 0) is 6.54 Å². The van der Waals surface area contributed by atoms with Crippen LogP contribution in [0.4, 0.5) is 4.39 Å². The van der Waals surface area contributed by atoms with Gasteiger partial charge in [0.1, 0.15) is 5.82 Å². The number of rotatable bonds is 4.